The first-order valence-electron chi connectivity index (χ1n) is 19.7. The number of benzene rings is 1. The second-order valence-corrected chi connectivity index (χ2v) is 12.8. The maximum Gasteiger partial charge on any atom is 0.318 e. The summed E-state index contributed by atoms with van der Waals surface area (Å²) in [7, 11) is 0. The van der Waals surface area contributed by atoms with E-state index in [1.165, 1.54) is 0 Å². The summed E-state index contributed by atoms with van der Waals surface area (Å²) in [5.74, 6) is -1.74. The quantitative estimate of drug-likeness (QED) is 0.0538. The van der Waals surface area contributed by atoms with Gasteiger partial charge in [0.2, 0.25) is 0 Å². The Hall–Kier alpha value is -2.08. The number of ether oxygens (including phenoxy) is 12. The summed E-state index contributed by atoms with van der Waals surface area (Å²) in [5, 5.41) is 0. The fourth-order valence-electron chi connectivity index (χ4n) is 5.77. The molecule has 1 aromatic carbocycles. The number of carbonyl (C=O) groups excluding carboxylic acids is 2. The lowest BCUT2D eigenvalue weighted by atomic mass is 9.75. The summed E-state index contributed by atoms with van der Waals surface area (Å²) in [6.45, 7) is 17.5. The molecule has 14 nitrogen and oxygen atoms in total. The van der Waals surface area contributed by atoms with Crippen LogP contribution < -0.4 is 0 Å². The van der Waals surface area contributed by atoms with Gasteiger partial charge in [0.1, 0.15) is 0 Å². The highest BCUT2D eigenvalue weighted by atomic mass is 16.6. The molecule has 2 rings (SSSR count). The molecular formula is C40H68O14. The third-order valence-corrected chi connectivity index (χ3v) is 8.44. The maximum atomic E-state index is 12.6. The van der Waals surface area contributed by atoms with Gasteiger partial charge in [0.25, 0.3) is 0 Å². The van der Waals surface area contributed by atoms with E-state index >= 15 is 0 Å². The second kappa shape index (κ2) is 34.2. The highest BCUT2D eigenvalue weighted by Gasteiger charge is 2.48. The lowest BCUT2D eigenvalue weighted by Gasteiger charge is -2.25. The Morgan fingerprint density at radius 2 is 0.852 bits per heavy atom. The Balaban J connectivity index is 1.27. The average Bonchev–Trinajstić information content (AvgIpc) is 3.45. The number of hydrogen-bond donors (Lipinski definition) is 0. The SMILES string of the molecule is CCCOCCOCCOCCOCCOCCOCCOCCOCCOCCOCCOCC(C)CC1C(=O)OC(=O)C1C(CC)c1ccccc1. The molecule has 0 spiro atoms. The van der Waals surface area contributed by atoms with Crippen LogP contribution in [0.15, 0.2) is 30.3 Å². The van der Waals surface area contributed by atoms with E-state index in [0.29, 0.717) is 145 Å². The van der Waals surface area contributed by atoms with Gasteiger partial charge in [-0.15, -0.1) is 0 Å². The Bertz CT molecular complexity index is 1020. The van der Waals surface area contributed by atoms with Crippen LogP contribution in [-0.4, -0.2) is 157 Å². The summed E-state index contributed by atoms with van der Waals surface area (Å²) in [5.41, 5.74) is 1.06. The maximum absolute atomic E-state index is 12.6. The first-order chi connectivity index (χ1) is 26.6. The predicted octanol–water partition coefficient (Wildman–Crippen LogP) is 4.11. The molecule has 0 aromatic heterocycles. The fourth-order valence-corrected chi connectivity index (χ4v) is 5.77. The molecule has 1 aliphatic rings. The van der Waals surface area contributed by atoms with E-state index in [0.717, 1.165) is 25.0 Å². The zero-order valence-corrected chi connectivity index (χ0v) is 33.1. The van der Waals surface area contributed by atoms with Crippen molar-refractivity contribution in [1.82, 2.24) is 0 Å². The zero-order valence-electron chi connectivity index (χ0n) is 33.1. The van der Waals surface area contributed by atoms with Crippen molar-refractivity contribution in [1.29, 1.82) is 0 Å². The monoisotopic (exact) mass is 772 g/mol. The van der Waals surface area contributed by atoms with E-state index in [1.54, 1.807) is 0 Å². The molecule has 0 radical (unpaired) electrons. The van der Waals surface area contributed by atoms with Crippen LogP contribution in [0, 0.1) is 17.8 Å². The van der Waals surface area contributed by atoms with Crippen molar-refractivity contribution in [3.8, 4) is 0 Å². The van der Waals surface area contributed by atoms with Gasteiger partial charge in [0, 0.05) is 13.2 Å². The van der Waals surface area contributed by atoms with Crippen LogP contribution in [0.25, 0.3) is 0 Å². The molecule has 0 saturated carbocycles. The molecule has 1 saturated heterocycles. The molecule has 4 unspecified atom stereocenters. The van der Waals surface area contributed by atoms with Crippen molar-refractivity contribution in [2.75, 3.05) is 145 Å². The largest absolute Gasteiger partial charge is 0.393 e. The van der Waals surface area contributed by atoms with Crippen LogP contribution in [0.2, 0.25) is 0 Å². The van der Waals surface area contributed by atoms with E-state index in [-0.39, 0.29) is 11.8 Å². The van der Waals surface area contributed by atoms with Crippen LogP contribution in [0.4, 0.5) is 0 Å². The van der Waals surface area contributed by atoms with Gasteiger partial charge in [-0.25, -0.2) is 0 Å². The van der Waals surface area contributed by atoms with Gasteiger partial charge in [-0.1, -0.05) is 51.1 Å². The van der Waals surface area contributed by atoms with Gasteiger partial charge in [-0.3, -0.25) is 9.59 Å². The molecular weight excluding hydrogens is 704 g/mol. The Morgan fingerprint density at radius 3 is 1.20 bits per heavy atom. The van der Waals surface area contributed by atoms with E-state index in [9.17, 15) is 9.59 Å². The number of carbonyl (C=O) groups is 2. The van der Waals surface area contributed by atoms with Crippen LogP contribution >= 0.6 is 0 Å². The van der Waals surface area contributed by atoms with Gasteiger partial charge < -0.3 is 56.8 Å². The summed E-state index contributed by atoms with van der Waals surface area (Å²) < 4.78 is 65.7. The number of cyclic esters (lactones) is 2. The lowest BCUT2D eigenvalue weighted by molar-refractivity contribution is -0.154. The summed E-state index contributed by atoms with van der Waals surface area (Å²) >= 11 is 0. The van der Waals surface area contributed by atoms with Crippen LogP contribution in [0.5, 0.6) is 0 Å². The third kappa shape index (κ3) is 23.8. The summed E-state index contributed by atoms with van der Waals surface area (Å²) in [6.07, 6.45) is 2.31. The minimum absolute atomic E-state index is 0.0545. The van der Waals surface area contributed by atoms with Crippen molar-refractivity contribution >= 4 is 11.9 Å². The molecule has 54 heavy (non-hydrogen) atoms. The van der Waals surface area contributed by atoms with E-state index in [2.05, 4.69) is 6.92 Å². The first-order valence-corrected chi connectivity index (χ1v) is 19.7. The Morgan fingerprint density at radius 1 is 0.500 bits per heavy atom. The fraction of sp³-hybridized carbons (Fsp3) is 0.800. The molecule has 0 N–H and O–H groups in total. The van der Waals surface area contributed by atoms with Crippen molar-refractivity contribution in [3.63, 3.8) is 0 Å². The molecule has 1 fully saturated rings. The minimum atomic E-state index is -0.468. The number of rotatable bonds is 39. The Kier molecular flexibility index (Phi) is 30.4. The van der Waals surface area contributed by atoms with Crippen molar-refractivity contribution in [2.24, 2.45) is 17.8 Å². The van der Waals surface area contributed by atoms with Gasteiger partial charge in [-0.05, 0) is 36.7 Å². The molecule has 1 heterocycles. The lowest BCUT2D eigenvalue weighted by Crippen LogP contribution is -2.27. The molecule has 0 aliphatic carbocycles. The standard InChI is InChI=1S/C40H68O14/c1-4-11-43-12-13-44-14-15-45-16-17-46-18-19-47-20-21-48-22-23-49-24-25-50-26-27-51-28-29-52-30-31-53-33-34(3)32-37-38(40(42)54-39(37)41)36(5-2)35-9-7-6-8-10-35/h6-10,34,36-38H,4-5,11-33H2,1-3H3. The van der Waals surface area contributed by atoms with Crippen LogP contribution in [0.1, 0.15) is 51.5 Å². The van der Waals surface area contributed by atoms with Crippen molar-refractivity contribution in [2.45, 2.75) is 46.0 Å². The van der Waals surface area contributed by atoms with Crippen molar-refractivity contribution in [3.05, 3.63) is 35.9 Å². The van der Waals surface area contributed by atoms with E-state index in [1.807, 2.05) is 44.2 Å². The molecule has 312 valence electrons. The minimum Gasteiger partial charge on any atom is -0.393 e. The van der Waals surface area contributed by atoms with Crippen molar-refractivity contribution < 1.29 is 66.4 Å². The molecule has 0 bridgehead atoms. The predicted molar refractivity (Wildman–Crippen MR) is 201 cm³/mol. The Labute approximate surface area is 323 Å². The highest BCUT2D eigenvalue weighted by molar-refractivity contribution is 5.97. The van der Waals surface area contributed by atoms with Gasteiger partial charge >= 0.3 is 11.9 Å². The normalized spacial score (nSPS) is 16.9. The van der Waals surface area contributed by atoms with Gasteiger partial charge in [-0.2, -0.15) is 0 Å². The average molecular weight is 773 g/mol. The van der Waals surface area contributed by atoms with Gasteiger partial charge in [0.05, 0.1) is 144 Å². The van der Waals surface area contributed by atoms with E-state index < -0.39 is 23.8 Å². The molecule has 1 aromatic rings. The van der Waals surface area contributed by atoms with E-state index in [4.69, 9.17) is 56.8 Å². The van der Waals surface area contributed by atoms with Gasteiger partial charge in [0.15, 0.2) is 0 Å². The second-order valence-electron chi connectivity index (χ2n) is 12.8. The molecule has 14 heteroatoms. The zero-order chi connectivity index (χ0) is 38.7. The first kappa shape index (κ1) is 48.1. The third-order valence-electron chi connectivity index (χ3n) is 8.44. The molecule has 0 amide bonds. The van der Waals surface area contributed by atoms with Crippen LogP contribution in [-0.2, 0) is 66.4 Å². The summed E-state index contributed by atoms with van der Waals surface area (Å²) in [6, 6.07) is 9.87. The molecule has 4 atom stereocenters. The molecule has 1 aliphatic heterocycles. The topological polar surface area (TPSA) is 145 Å². The number of esters is 2. The highest BCUT2D eigenvalue weighted by Crippen LogP contribution is 2.41. The summed E-state index contributed by atoms with van der Waals surface area (Å²) in [4.78, 5) is 25.2. The smallest absolute Gasteiger partial charge is 0.318 e. The number of hydrogen-bond acceptors (Lipinski definition) is 14. The van der Waals surface area contributed by atoms with Crippen LogP contribution in [0.3, 0.4) is 0 Å².